The van der Waals surface area contributed by atoms with Crippen LogP contribution in [0.3, 0.4) is 0 Å². The van der Waals surface area contributed by atoms with Crippen LogP contribution < -0.4 is 24.8 Å². The fourth-order valence-corrected chi connectivity index (χ4v) is 1.98. The number of nitrogens with one attached hydrogen (secondary N) is 2. The summed E-state index contributed by atoms with van der Waals surface area (Å²) in [5, 5.41) is 6.49. The molecule has 0 bridgehead atoms. The number of aliphatic imine (C=N–C) groups is 1. The summed E-state index contributed by atoms with van der Waals surface area (Å²) in [6, 6.07) is 5.52. The van der Waals surface area contributed by atoms with Crippen molar-refractivity contribution >= 4 is 5.96 Å². The lowest BCUT2D eigenvalue weighted by Crippen LogP contribution is -2.41. The van der Waals surface area contributed by atoms with Crippen molar-refractivity contribution < 1.29 is 14.2 Å². The second kappa shape index (κ2) is 8.24. The monoisotopic (exact) mass is 293 g/mol. The van der Waals surface area contributed by atoms with E-state index in [1.807, 2.05) is 18.2 Å². The van der Waals surface area contributed by atoms with Crippen molar-refractivity contribution in [1.82, 2.24) is 10.6 Å². The van der Waals surface area contributed by atoms with E-state index in [-0.39, 0.29) is 0 Å². The SMILES string of the molecule is COc1cc(OC)cc(OCCCNC2=NCCCN2)c1. The number of hydrogen-bond donors (Lipinski definition) is 2. The van der Waals surface area contributed by atoms with Crippen molar-refractivity contribution in [2.24, 2.45) is 4.99 Å². The topological polar surface area (TPSA) is 64.1 Å². The number of guanidine groups is 1. The molecular weight excluding hydrogens is 270 g/mol. The first kappa shape index (κ1) is 15.3. The molecule has 0 amide bonds. The Balaban J connectivity index is 1.71. The Morgan fingerprint density at radius 1 is 1.14 bits per heavy atom. The number of methoxy groups -OCH3 is 2. The highest BCUT2D eigenvalue weighted by Crippen LogP contribution is 2.27. The lowest BCUT2D eigenvalue weighted by molar-refractivity contribution is 0.305. The minimum absolute atomic E-state index is 0.622. The zero-order valence-corrected chi connectivity index (χ0v) is 12.6. The van der Waals surface area contributed by atoms with E-state index in [4.69, 9.17) is 14.2 Å². The molecule has 1 aliphatic heterocycles. The molecule has 0 aliphatic carbocycles. The molecule has 1 aromatic carbocycles. The minimum Gasteiger partial charge on any atom is -0.496 e. The van der Waals surface area contributed by atoms with E-state index in [1.54, 1.807) is 14.2 Å². The fourth-order valence-electron chi connectivity index (χ4n) is 1.98. The number of hydrogen-bond acceptors (Lipinski definition) is 6. The molecule has 1 aromatic rings. The van der Waals surface area contributed by atoms with Crippen LogP contribution >= 0.6 is 0 Å². The van der Waals surface area contributed by atoms with Gasteiger partial charge in [-0.05, 0) is 12.8 Å². The summed E-state index contributed by atoms with van der Waals surface area (Å²) >= 11 is 0. The maximum Gasteiger partial charge on any atom is 0.191 e. The van der Waals surface area contributed by atoms with Crippen molar-refractivity contribution in [3.63, 3.8) is 0 Å². The Morgan fingerprint density at radius 2 is 1.86 bits per heavy atom. The maximum absolute atomic E-state index is 5.72. The predicted molar refractivity (Wildman–Crippen MR) is 82.6 cm³/mol. The van der Waals surface area contributed by atoms with Crippen molar-refractivity contribution in [3.8, 4) is 17.2 Å². The summed E-state index contributed by atoms with van der Waals surface area (Å²) in [5.41, 5.74) is 0. The smallest absolute Gasteiger partial charge is 0.191 e. The molecule has 2 N–H and O–H groups in total. The van der Waals surface area contributed by atoms with Gasteiger partial charge in [-0.25, -0.2) is 0 Å². The molecule has 0 aromatic heterocycles. The van der Waals surface area contributed by atoms with Crippen molar-refractivity contribution in [3.05, 3.63) is 18.2 Å². The average Bonchev–Trinajstić information content (AvgIpc) is 2.55. The summed E-state index contributed by atoms with van der Waals surface area (Å²) in [5.74, 6) is 3.09. The van der Waals surface area contributed by atoms with Crippen LogP contribution in [0, 0.1) is 0 Å². The molecular formula is C15H23N3O3. The Kier molecular flexibility index (Phi) is 5.99. The summed E-state index contributed by atoms with van der Waals surface area (Å²) < 4.78 is 16.1. The van der Waals surface area contributed by atoms with E-state index in [0.29, 0.717) is 6.61 Å². The van der Waals surface area contributed by atoms with Crippen LogP contribution in [0.15, 0.2) is 23.2 Å². The molecule has 116 valence electrons. The van der Waals surface area contributed by atoms with Crippen molar-refractivity contribution in [2.75, 3.05) is 40.5 Å². The highest BCUT2D eigenvalue weighted by atomic mass is 16.5. The fraction of sp³-hybridized carbons (Fsp3) is 0.533. The van der Waals surface area contributed by atoms with Gasteiger partial charge in [-0.15, -0.1) is 0 Å². The van der Waals surface area contributed by atoms with Gasteiger partial charge in [0.05, 0.1) is 20.8 Å². The van der Waals surface area contributed by atoms with Crippen LogP contribution in [0.25, 0.3) is 0 Å². The van der Waals surface area contributed by atoms with Gasteiger partial charge in [-0.3, -0.25) is 4.99 Å². The Morgan fingerprint density at radius 3 is 2.48 bits per heavy atom. The first-order valence-corrected chi connectivity index (χ1v) is 7.20. The molecule has 6 heteroatoms. The zero-order chi connectivity index (χ0) is 14.9. The first-order valence-electron chi connectivity index (χ1n) is 7.20. The molecule has 0 atom stereocenters. The lowest BCUT2D eigenvalue weighted by Gasteiger charge is -2.16. The third-order valence-electron chi connectivity index (χ3n) is 3.10. The van der Waals surface area contributed by atoms with Gasteiger partial charge in [-0.1, -0.05) is 0 Å². The number of ether oxygens (including phenoxy) is 3. The molecule has 0 spiro atoms. The second-order valence-corrected chi connectivity index (χ2v) is 4.69. The third kappa shape index (κ3) is 5.06. The summed E-state index contributed by atoms with van der Waals surface area (Å²) in [6.07, 6.45) is 1.99. The molecule has 0 unspecified atom stereocenters. The standard InChI is InChI=1S/C15H23N3O3/c1-19-12-9-13(20-2)11-14(10-12)21-8-4-7-18-15-16-5-3-6-17-15/h9-11H,3-8H2,1-2H3,(H2,16,17,18). The highest BCUT2D eigenvalue weighted by molar-refractivity contribution is 5.80. The van der Waals surface area contributed by atoms with Crippen LogP contribution in [-0.4, -0.2) is 46.4 Å². The van der Waals surface area contributed by atoms with Crippen molar-refractivity contribution in [1.29, 1.82) is 0 Å². The molecule has 0 fully saturated rings. The van der Waals surface area contributed by atoms with Gasteiger partial charge in [0.15, 0.2) is 5.96 Å². The molecule has 0 radical (unpaired) electrons. The van der Waals surface area contributed by atoms with Crippen LogP contribution in [0.5, 0.6) is 17.2 Å². The summed E-state index contributed by atoms with van der Waals surface area (Å²) in [7, 11) is 3.25. The molecule has 21 heavy (non-hydrogen) atoms. The number of benzene rings is 1. The summed E-state index contributed by atoms with van der Waals surface area (Å²) in [6.45, 7) is 3.34. The zero-order valence-electron chi connectivity index (χ0n) is 12.6. The molecule has 2 rings (SSSR count). The van der Waals surface area contributed by atoms with E-state index < -0.39 is 0 Å². The van der Waals surface area contributed by atoms with Crippen LogP contribution in [-0.2, 0) is 0 Å². The molecule has 1 aliphatic rings. The van der Waals surface area contributed by atoms with Gasteiger partial charge >= 0.3 is 0 Å². The quantitative estimate of drug-likeness (QED) is 0.744. The van der Waals surface area contributed by atoms with Gasteiger partial charge in [0, 0.05) is 37.8 Å². The van der Waals surface area contributed by atoms with E-state index >= 15 is 0 Å². The summed E-state index contributed by atoms with van der Waals surface area (Å²) in [4.78, 5) is 4.35. The first-order chi connectivity index (χ1) is 10.3. The normalized spacial score (nSPS) is 13.9. The van der Waals surface area contributed by atoms with E-state index in [9.17, 15) is 0 Å². The van der Waals surface area contributed by atoms with E-state index in [0.717, 1.165) is 55.7 Å². The number of nitrogens with zero attached hydrogens (tertiary/aromatic N) is 1. The van der Waals surface area contributed by atoms with Gasteiger partial charge in [0.25, 0.3) is 0 Å². The predicted octanol–water partition coefficient (Wildman–Crippen LogP) is 1.41. The van der Waals surface area contributed by atoms with Crippen LogP contribution in [0.2, 0.25) is 0 Å². The lowest BCUT2D eigenvalue weighted by atomic mass is 10.3. The highest BCUT2D eigenvalue weighted by Gasteiger charge is 2.04. The average molecular weight is 293 g/mol. The maximum atomic E-state index is 5.72. The molecule has 6 nitrogen and oxygen atoms in total. The van der Waals surface area contributed by atoms with Crippen LogP contribution in [0.4, 0.5) is 0 Å². The Labute approximate surface area is 125 Å². The van der Waals surface area contributed by atoms with Crippen LogP contribution in [0.1, 0.15) is 12.8 Å². The Bertz CT molecular complexity index is 455. The Hall–Kier alpha value is -2.11. The van der Waals surface area contributed by atoms with Crippen molar-refractivity contribution in [2.45, 2.75) is 12.8 Å². The van der Waals surface area contributed by atoms with Gasteiger partial charge in [-0.2, -0.15) is 0 Å². The molecule has 0 saturated carbocycles. The molecule has 0 saturated heterocycles. The van der Waals surface area contributed by atoms with E-state index in [2.05, 4.69) is 15.6 Å². The van der Waals surface area contributed by atoms with Gasteiger partial charge in [0.1, 0.15) is 17.2 Å². The van der Waals surface area contributed by atoms with E-state index in [1.165, 1.54) is 0 Å². The third-order valence-corrected chi connectivity index (χ3v) is 3.10. The largest absolute Gasteiger partial charge is 0.496 e. The number of rotatable bonds is 7. The van der Waals surface area contributed by atoms with Gasteiger partial charge < -0.3 is 24.8 Å². The second-order valence-electron chi connectivity index (χ2n) is 4.69. The minimum atomic E-state index is 0.622. The molecule has 1 heterocycles. The van der Waals surface area contributed by atoms with Gasteiger partial charge in [0.2, 0.25) is 0 Å².